The largest absolute Gasteiger partial charge is 0.477 e. The number of carboxylic acid groups (broad SMARTS) is 1. The van der Waals surface area contributed by atoms with E-state index in [4.69, 9.17) is 4.43 Å². The maximum atomic E-state index is 14.0. The van der Waals surface area contributed by atoms with Crippen LogP contribution >= 0.6 is 33.9 Å². The van der Waals surface area contributed by atoms with Gasteiger partial charge in [-0.3, -0.25) is 4.79 Å². The first kappa shape index (κ1) is 28.1. The van der Waals surface area contributed by atoms with Gasteiger partial charge in [0.25, 0.3) is 0 Å². The molecule has 2 saturated carbocycles. The average Bonchev–Trinajstić information content (AvgIpc) is 3.04. The fourth-order valence-electron chi connectivity index (χ4n) is 5.10. The van der Waals surface area contributed by atoms with Crippen molar-refractivity contribution in [3.05, 3.63) is 13.3 Å². The summed E-state index contributed by atoms with van der Waals surface area (Å²) in [6.07, 6.45) is 7.75. The molecule has 0 unspecified atom stereocenters. The Kier molecular flexibility index (Phi) is 9.00. The van der Waals surface area contributed by atoms with Crippen molar-refractivity contribution in [1.82, 2.24) is 0 Å². The Hall–Kier alpha value is -0.453. The summed E-state index contributed by atoms with van der Waals surface area (Å²) < 4.78 is 7.65. The number of nitrogens with zero attached hydrogens (tertiary/aromatic N) is 1. The third-order valence-electron chi connectivity index (χ3n) is 8.37. The Morgan fingerprint density at radius 1 is 1.06 bits per heavy atom. The van der Waals surface area contributed by atoms with E-state index in [0.717, 1.165) is 59.8 Å². The number of hydrogen-bond acceptors (Lipinski definition) is 4. The second kappa shape index (κ2) is 10.9. The molecule has 0 spiro atoms. The smallest absolute Gasteiger partial charge is 0.348 e. The molecule has 1 aromatic rings. The molecule has 1 N–H and O–H groups in total. The van der Waals surface area contributed by atoms with Crippen LogP contribution in [-0.4, -0.2) is 37.4 Å². The van der Waals surface area contributed by atoms with Gasteiger partial charge in [-0.15, -0.1) is 11.3 Å². The van der Waals surface area contributed by atoms with Gasteiger partial charge >= 0.3 is 5.97 Å². The number of carbonyl (C=O) groups excluding carboxylic acids is 1. The highest BCUT2D eigenvalue weighted by molar-refractivity contribution is 14.1. The molecule has 0 radical (unpaired) electrons. The molecule has 192 valence electrons. The molecule has 1 heterocycles. The standard InChI is InChI=1S/C26H42INO4SSi/c1-16-8-10-18(11-9-16)24(29)28(21-17(2)23(27)33-22(21)25(30)31)19-12-14-20(15-13-19)32-34(6,7)26(3,4)5/h16,18-20H,8-15H2,1-7H3,(H,30,31). The van der Waals surface area contributed by atoms with Gasteiger partial charge in [0.2, 0.25) is 5.91 Å². The number of hydrogen-bond donors (Lipinski definition) is 1. The van der Waals surface area contributed by atoms with Crippen LogP contribution in [0.2, 0.25) is 18.1 Å². The van der Waals surface area contributed by atoms with Gasteiger partial charge in [-0.1, -0.05) is 27.7 Å². The van der Waals surface area contributed by atoms with E-state index in [9.17, 15) is 14.7 Å². The number of rotatable bonds is 6. The SMILES string of the molecule is Cc1c(I)sc(C(=O)O)c1N(C(=O)C1CCC(C)CC1)C1CCC(O[Si](C)(C)C(C)(C)C)CC1. The molecular formula is C26H42INO4SSi. The lowest BCUT2D eigenvalue weighted by atomic mass is 9.81. The summed E-state index contributed by atoms with van der Waals surface area (Å²) in [5, 5.41) is 10.1. The van der Waals surface area contributed by atoms with Gasteiger partial charge in [-0.25, -0.2) is 4.79 Å². The first-order chi connectivity index (χ1) is 15.7. The highest BCUT2D eigenvalue weighted by atomic mass is 127. The summed E-state index contributed by atoms with van der Waals surface area (Å²) in [5.74, 6) is -0.133. The van der Waals surface area contributed by atoms with Crippen LogP contribution in [0.15, 0.2) is 0 Å². The van der Waals surface area contributed by atoms with E-state index in [1.165, 1.54) is 11.3 Å². The van der Waals surface area contributed by atoms with Crippen LogP contribution in [0.1, 0.15) is 94.3 Å². The molecule has 0 atom stereocenters. The van der Waals surface area contributed by atoms with Crippen LogP contribution in [0.3, 0.4) is 0 Å². The third kappa shape index (κ3) is 6.09. The predicted molar refractivity (Wildman–Crippen MR) is 152 cm³/mol. The van der Waals surface area contributed by atoms with Crippen LogP contribution in [0.25, 0.3) is 0 Å². The minimum atomic E-state index is -1.85. The van der Waals surface area contributed by atoms with Gasteiger partial charge < -0.3 is 14.4 Å². The van der Waals surface area contributed by atoms with Gasteiger partial charge in [0.15, 0.2) is 8.32 Å². The van der Waals surface area contributed by atoms with E-state index in [1.54, 1.807) is 0 Å². The molecule has 2 aliphatic rings. The van der Waals surface area contributed by atoms with Crippen molar-refractivity contribution in [3.8, 4) is 0 Å². The molecule has 3 rings (SSSR count). The Bertz CT molecular complexity index is 893. The molecule has 1 amide bonds. The van der Waals surface area contributed by atoms with Crippen LogP contribution < -0.4 is 4.90 Å². The fourth-order valence-corrected chi connectivity index (χ4v) is 8.31. The predicted octanol–water partition coefficient (Wildman–Crippen LogP) is 7.85. The van der Waals surface area contributed by atoms with Crippen LogP contribution in [0.5, 0.6) is 0 Å². The van der Waals surface area contributed by atoms with Crippen molar-refractivity contribution < 1.29 is 19.1 Å². The number of carboxylic acids is 1. The van der Waals surface area contributed by atoms with Gasteiger partial charge in [0.1, 0.15) is 4.88 Å². The molecule has 1 aromatic heterocycles. The van der Waals surface area contributed by atoms with Crippen molar-refractivity contribution in [1.29, 1.82) is 0 Å². The van der Waals surface area contributed by atoms with Gasteiger partial charge in [0.05, 0.1) is 8.57 Å². The molecule has 0 aromatic carbocycles. The van der Waals surface area contributed by atoms with Crippen molar-refractivity contribution in [2.75, 3.05) is 4.90 Å². The second-order valence-electron chi connectivity index (χ2n) is 12.0. The maximum Gasteiger partial charge on any atom is 0.348 e. The maximum absolute atomic E-state index is 14.0. The third-order valence-corrected chi connectivity index (χ3v) is 15.4. The average molecular weight is 620 g/mol. The fraction of sp³-hybridized carbons (Fsp3) is 0.769. The van der Waals surface area contributed by atoms with Crippen LogP contribution in [0, 0.1) is 21.6 Å². The highest BCUT2D eigenvalue weighted by Gasteiger charge is 2.42. The van der Waals surface area contributed by atoms with Gasteiger partial charge in [-0.05, 0) is 110 Å². The Balaban J connectivity index is 1.86. The zero-order valence-electron chi connectivity index (χ0n) is 21.9. The number of carbonyl (C=O) groups is 2. The van der Waals surface area contributed by atoms with E-state index in [1.807, 2.05) is 11.8 Å². The highest BCUT2D eigenvalue weighted by Crippen LogP contribution is 2.43. The molecule has 8 heteroatoms. The van der Waals surface area contributed by atoms with Crippen molar-refractivity contribution in [2.24, 2.45) is 11.8 Å². The summed E-state index contributed by atoms with van der Waals surface area (Å²) >= 11 is 3.51. The minimum Gasteiger partial charge on any atom is -0.477 e. The molecule has 2 fully saturated rings. The zero-order valence-corrected chi connectivity index (χ0v) is 25.8. The summed E-state index contributed by atoms with van der Waals surface area (Å²) in [5.41, 5.74) is 1.58. The number of halogens is 1. The summed E-state index contributed by atoms with van der Waals surface area (Å²) in [4.78, 5) is 28.4. The number of anilines is 1. The molecule has 0 saturated heterocycles. The number of thiophene rings is 1. The van der Waals surface area contributed by atoms with Gasteiger partial charge in [-0.2, -0.15) is 0 Å². The van der Waals surface area contributed by atoms with E-state index in [-0.39, 0.29) is 29.0 Å². The Morgan fingerprint density at radius 2 is 1.62 bits per heavy atom. The molecule has 5 nitrogen and oxygen atoms in total. The normalized spacial score (nSPS) is 26.4. The van der Waals surface area contributed by atoms with Crippen molar-refractivity contribution in [2.45, 2.75) is 116 Å². The summed E-state index contributed by atoms with van der Waals surface area (Å²) in [6, 6.07) is 0.0355. The minimum absolute atomic E-state index is 0.00369. The van der Waals surface area contributed by atoms with Crippen LogP contribution in [0.4, 0.5) is 5.69 Å². The molecule has 0 aliphatic heterocycles. The quantitative estimate of drug-likeness (QED) is 0.260. The van der Waals surface area contributed by atoms with Gasteiger partial charge in [0, 0.05) is 18.1 Å². The molecule has 34 heavy (non-hydrogen) atoms. The monoisotopic (exact) mass is 619 g/mol. The van der Waals surface area contributed by atoms with E-state index >= 15 is 0 Å². The first-order valence-electron chi connectivity index (χ1n) is 12.8. The second-order valence-corrected chi connectivity index (χ2v) is 19.5. The Morgan fingerprint density at radius 3 is 2.12 bits per heavy atom. The number of amides is 1. The van der Waals surface area contributed by atoms with E-state index < -0.39 is 14.3 Å². The van der Waals surface area contributed by atoms with Crippen LogP contribution in [-0.2, 0) is 9.22 Å². The summed E-state index contributed by atoms with van der Waals surface area (Å²) in [7, 11) is -1.85. The van der Waals surface area contributed by atoms with Crippen molar-refractivity contribution >= 4 is 59.8 Å². The number of aromatic carboxylic acids is 1. The topological polar surface area (TPSA) is 66.8 Å². The first-order valence-corrected chi connectivity index (χ1v) is 17.6. The molecule has 2 aliphatic carbocycles. The summed E-state index contributed by atoms with van der Waals surface area (Å²) in [6.45, 7) is 15.6. The van der Waals surface area contributed by atoms with E-state index in [2.05, 4.69) is 63.4 Å². The Labute approximate surface area is 224 Å². The van der Waals surface area contributed by atoms with E-state index in [0.29, 0.717) is 16.5 Å². The lowest BCUT2D eigenvalue weighted by molar-refractivity contribution is -0.124. The zero-order chi connectivity index (χ0) is 25.4. The molecular weight excluding hydrogens is 577 g/mol. The lowest BCUT2D eigenvalue weighted by Crippen LogP contribution is -2.49. The van der Waals surface area contributed by atoms with Crippen molar-refractivity contribution in [3.63, 3.8) is 0 Å². The molecule has 0 bridgehead atoms. The lowest BCUT2D eigenvalue weighted by Gasteiger charge is -2.43.